The molecule has 1 N–H and O–H groups in total. The molecule has 1 aliphatic heterocycles. The smallest absolute Gasteiger partial charge is 0.243 e. The Bertz CT molecular complexity index is 257. The molecule has 0 aromatic rings. The highest BCUT2D eigenvalue weighted by molar-refractivity contribution is 5.87. The van der Waals surface area contributed by atoms with E-state index in [-0.39, 0.29) is 5.91 Å². The zero-order valence-corrected chi connectivity index (χ0v) is 12.3. The molecule has 1 rings (SSSR count). The lowest BCUT2D eigenvalue weighted by Gasteiger charge is -2.21. The van der Waals surface area contributed by atoms with Gasteiger partial charge in [0.05, 0.1) is 0 Å². The lowest BCUT2D eigenvalue weighted by molar-refractivity contribution is -0.116. The van der Waals surface area contributed by atoms with Gasteiger partial charge in [-0.3, -0.25) is 4.79 Å². The molecule has 3 nitrogen and oxygen atoms in total. The first kappa shape index (κ1) is 16.2. The van der Waals surface area contributed by atoms with Crippen LogP contribution in [0, 0.1) is 5.92 Å². The zero-order valence-electron chi connectivity index (χ0n) is 12.3. The molecule has 0 unspecified atom stereocenters. The zero-order chi connectivity index (χ0) is 13.8. The summed E-state index contributed by atoms with van der Waals surface area (Å²) in [5.41, 5.74) is 0. The lowest BCUT2D eigenvalue weighted by atomic mass is 10.0. The summed E-state index contributed by atoms with van der Waals surface area (Å²) in [6.45, 7) is 4.70. The molecule has 0 aromatic carbocycles. The molecule has 0 bridgehead atoms. The van der Waals surface area contributed by atoms with Gasteiger partial charge in [-0.2, -0.15) is 0 Å². The molecule has 0 atom stereocenters. The van der Waals surface area contributed by atoms with Crippen LogP contribution in [0.1, 0.15) is 58.3 Å². The maximum absolute atomic E-state index is 11.6. The van der Waals surface area contributed by atoms with Crippen LogP contribution in [0.3, 0.4) is 0 Å². The minimum Gasteiger partial charge on any atom is -0.381 e. The van der Waals surface area contributed by atoms with Crippen LogP contribution in [-0.2, 0) is 9.53 Å². The Kier molecular flexibility index (Phi) is 9.42. The number of hydrogen-bond acceptors (Lipinski definition) is 2. The highest BCUT2D eigenvalue weighted by atomic mass is 16.5. The summed E-state index contributed by atoms with van der Waals surface area (Å²) in [4.78, 5) is 11.6. The first-order chi connectivity index (χ1) is 9.33. The Labute approximate surface area is 117 Å². The normalized spacial score (nSPS) is 16.9. The lowest BCUT2D eigenvalue weighted by Crippen LogP contribution is -2.31. The quantitative estimate of drug-likeness (QED) is 0.513. The van der Waals surface area contributed by atoms with Crippen LogP contribution in [-0.4, -0.2) is 25.7 Å². The van der Waals surface area contributed by atoms with E-state index in [9.17, 15) is 4.79 Å². The van der Waals surface area contributed by atoms with Crippen LogP contribution in [0.5, 0.6) is 0 Å². The van der Waals surface area contributed by atoms with Crippen LogP contribution < -0.4 is 5.32 Å². The molecule has 110 valence electrons. The average Bonchev–Trinajstić information content (AvgIpc) is 2.45. The average molecular weight is 267 g/mol. The fraction of sp³-hybridized carbons (Fsp3) is 0.812. The van der Waals surface area contributed by atoms with Crippen molar-refractivity contribution in [3.63, 3.8) is 0 Å². The number of carbonyl (C=O) groups is 1. The van der Waals surface area contributed by atoms with Crippen molar-refractivity contribution >= 4 is 5.91 Å². The third kappa shape index (κ3) is 8.82. The van der Waals surface area contributed by atoms with Crippen LogP contribution in [0.15, 0.2) is 12.2 Å². The molecular weight excluding hydrogens is 238 g/mol. The molecular formula is C16H29NO2. The Morgan fingerprint density at radius 2 is 1.95 bits per heavy atom. The number of allylic oxidation sites excluding steroid dienone is 1. The summed E-state index contributed by atoms with van der Waals surface area (Å²) in [6.07, 6.45) is 13.3. The van der Waals surface area contributed by atoms with Crippen LogP contribution in [0.2, 0.25) is 0 Å². The van der Waals surface area contributed by atoms with Crippen molar-refractivity contribution < 1.29 is 9.53 Å². The molecule has 0 saturated carbocycles. The van der Waals surface area contributed by atoms with Gasteiger partial charge >= 0.3 is 0 Å². The third-order valence-electron chi connectivity index (χ3n) is 3.65. The minimum absolute atomic E-state index is 0.0556. The van der Waals surface area contributed by atoms with Gasteiger partial charge < -0.3 is 10.1 Å². The molecule has 0 aromatic heterocycles. The van der Waals surface area contributed by atoms with Gasteiger partial charge in [-0.25, -0.2) is 0 Å². The molecule has 1 amide bonds. The minimum atomic E-state index is 0.0556. The summed E-state index contributed by atoms with van der Waals surface area (Å²) in [5, 5.41) is 2.98. The monoisotopic (exact) mass is 267 g/mol. The molecule has 1 heterocycles. The summed E-state index contributed by atoms with van der Waals surface area (Å²) < 4.78 is 5.30. The van der Waals surface area contributed by atoms with Gasteiger partial charge in [0.15, 0.2) is 0 Å². The maximum Gasteiger partial charge on any atom is 0.243 e. The number of carbonyl (C=O) groups excluding carboxylic acids is 1. The summed E-state index contributed by atoms with van der Waals surface area (Å²) >= 11 is 0. The van der Waals surface area contributed by atoms with Gasteiger partial charge in [0.25, 0.3) is 0 Å². The topological polar surface area (TPSA) is 38.3 Å². The van der Waals surface area contributed by atoms with Gasteiger partial charge in [-0.15, -0.1) is 0 Å². The van der Waals surface area contributed by atoms with E-state index in [0.29, 0.717) is 5.92 Å². The van der Waals surface area contributed by atoms with Crippen LogP contribution >= 0.6 is 0 Å². The summed E-state index contributed by atoms with van der Waals surface area (Å²) in [6, 6.07) is 0. The van der Waals surface area contributed by atoms with Crippen molar-refractivity contribution in [3.05, 3.63) is 12.2 Å². The van der Waals surface area contributed by atoms with Gasteiger partial charge in [-0.1, -0.05) is 38.7 Å². The summed E-state index contributed by atoms with van der Waals surface area (Å²) in [5.74, 6) is 0.653. The van der Waals surface area contributed by atoms with Gasteiger partial charge in [0, 0.05) is 19.8 Å². The number of unbranched alkanes of at least 4 members (excludes halogenated alkanes) is 5. The maximum atomic E-state index is 11.6. The van der Waals surface area contributed by atoms with E-state index in [1.54, 1.807) is 6.08 Å². The predicted molar refractivity (Wildman–Crippen MR) is 79.1 cm³/mol. The van der Waals surface area contributed by atoms with E-state index < -0.39 is 0 Å². The number of ether oxygens (including phenoxy) is 1. The number of nitrogens with one attached hydrogen (secondary N) is 1. The second kappa shape index (κ2) is 11.0. The number of hydrogen-bond donors (Lipinski definition) is 1. The highest BCUT2D eigenvalue weighted by Crippen LogP contribution is 2.13. The standard InChI is InChI=1S/C16H29NO2/c1-2-3-4-5-6-7-8-9-16(18)17-14-15-10-12-19-13-11-15/h8-9,15H,2-7,10-14H2,1H3,(H,17,18). The van der Waals surface area contributed by atoms with E-state index in [1.165, 1.54) is 32.1 Å². The third-order valence-corrected chi connectivity index (χ3v) is 3.65. The Morgan fingerprint density at radius 3 is 2.68 bits per heavy atom. The molecule has 1 fully saturated rings. The van der Waals surface area contributed by atoms with Crippen LogP contribution in [0.4, 0.5) is 0 Å². The Morgan fingerprint density at radius 1 is 1.21 bits per heavy atom. The van der Waals surface area contributed by atoms with Crippen molar-refractivity contribution in [2.45, 2.75) is 58.3 Å². The number of rotatable bonds is 9. The van der Waals surface area contributed by atoms with Crippen molar-refractivity contribution in [1.82, 2.24) is 5.32 Å². The second-order valence-corrected chi connectivity index (χ2v) is 5.41. The molecule has 1 aliphatic rings. The van der Waals surface area contributed by atoms with Crippen molar-refractivity contribution in [2.75, 3.05) is 19.8 Å². The molecule has 0 spiro atoms. The van der Waals surface area contributed by atoms with Gasteiger partial charge in [0.1, 0.15) is 0 Å². The highest BCUT2D eigenvalue weighted by Gasteiger charge is 2.13. The van der Waals surface area contributed by atoms with E-state index >= 15 is 0 Å². The molecule has 0 radical (unpaired) electrons. The molecule has 0 aliphatic carbocycles. The molecule has 3 heteroatoms. The number of amides is 1. The first-order valence-electron chi connectivity index (χ1n) is 7.85. The largest absolute Gasteiger partial charge is 0.381 e. The van der Waals surface area contributed by atoms with Crippen LogP contribution in [0.25, 0.3) is 0 Å². The van der Waals surface area contributed by atoms with Crippen molar-refractivity contribution in [2.24, 2.45) is 5.92 Å². The Balaban J connectivity index is 1.97. The van der Waals surface area contributed by atoms with E-state index in [2.05, 4.69) is 12.2 Å². The van der Waals surface area contributed by atoms with E-state index in [0.717, 1.165) is 39.0 Å². The molecule has 19 heavy (non-hydrogen) atoms. The molecule has 1 saturated heterocycles. The first-order valence-corrected chi connectivity index (χ1v) is 7.85. The van der Waals surface area contributed by atoms with E-state index in [1.807, 2.05) is 6.08 Å². The predicted octanol–water partition coefficient (Wildman–Crippen LogP) is 3.45. The second-order valence-electron chi connectivity index (χ2n) is 5.41. The van der Waals surface area contributed by atoms with E-state index in [4.69, 9.17) is 4.74 Å². The van der Waals surface area contributed by atoms with Crippen molar-refractivity contribution in [3.8, 4) is 0 Å². The summed E-state index contributed by atoms with van der Waals surface area (Å²) in [7, 11) is 0. The van der Waals surface area contributed by atoms with Gasteiger partial charge in [-0.05, 0) is 37.7 Å². The SMILES string of the molecule is CCCCCCCC=CC(=O)NCC1CCOCC1. The Hall–Kier alpha value is -0.830. The van der Waals surface area contributed by atoms with Gasteiger partial charge in [0.2, 0.25) is 5.91 Å². The fourth-order valence-corrected chi connectivity index (χ4v) is 2.31. The fourth-order valence-electron chi connectivity index (χ4n) is 2.31. The van der Waals surface area contributed by atoms with Crippen molar-refractivity contribution in [1.29, 1.82) is 0 Å².